The van der Waals surface area contributed by atoms with Crippen LogP contribution in [0.3, 0.4) is 0 Å². The molecule has 3 aromatic rings. The molecule has 0 aliphatic carbocycles. The van der Waals surface area contributed by atoms with Crippen molar-refractivity contribution >= 4 is 46.3 Å². The van der Waals surface area contributed by atoms with Gasteiger partial charge >= 0.3 is 0 Å². The third-order valence-corrected chi connectivity index (χ3v) is 3.98. The summed E-state index contributed by atoms with van der Waals surface area (Å²) in [4.78, 5) is 20.5. The summed E-state index contributed by atoms with van der Waals surface area (Å²) in [6.07, 6.45) is 2.73. The highest BCUT2D eigenvalue weighted by Gasteiger charge is 2.11. The van der Waals surface area contributed by atoms with Gasteiger partial charge in [-0.3, -0.25) is 4.79 Å². The topological polar surface area (TPSA) is 90.7 Å². The van der Waals surface area contributed by atoms with Gasteiger partial charge in [-0.2, -0.15) is 5.26 Å². The van der Waals surface area contributed by atoms with Crippen LogP contribution in [0, 0.1) is 11.3 Å². The highest BCUT2D eigenvalue weighted by molar-refractivity contribution is 6.39. The second-order valence-corrected chi connectivity index (χ2v) is 5.97. The lowest BCUT2D eigenvalue weighted by Gasteiger charge is -2.09. The minimum Gasteiger partial charge on any atom is -0.337 e. The van der Waals surface area contributed by atoms with E-state index in [1.54, 1.807) is 42.5 Å². The predicted octanol–water partition coefficient (Wildman–Crippen LogP) is 4.65. The van der Waals surface area contributed by atoms with Crippen LogP contribution in [0.2, 0.25) is 10.0 Å². The zero-order chi connectivity index (χ0) is 18.5. The number of benzene rings is 2. The van der Waals surface area contributed by atoms with E-state index in [0.717, 1.165) is 0 Å². The zero-order valence-electron chi connectivity index (χ0n) is 13.2. The molecule has 2 aromatic carbocycles. The number of nitriles is 1. The monoisotopic (exact) mass is 383 g/mol. The van der Waals surface area contributed by atoms with Crippen LogP contribution in [0.4, 0.5) is 17.2 Å². The number of aromatic nitrogens is 2. The van der Waals surface area contributed by atoms with E-state index in [2.05, 4.69) is 20.6 Å². The zero-order valence-corrected chi connectivity index (χ0v) is 14.7. The number of hydrogen-bond acceptors (Lipinski definition) is 5. The minimum atomic E-state index is -0.435. The van der Waals surface area contributed by atoms with E-state index in [9.17, 15) is 4.79 Å². The van der Waals surface area contributed by atoms with Crippen molar-refractivity contribution in [3.05, 3.63) is 76.2 Å². The summed E-state index contributed by atoms with van der Waals surface area (Å²) in [5.41, 5.74) is 1.59. The van der Waals surface area contributed by atoms with E-state index >= 15 is 0 Å². The van der Waals surface area contributed by atoms with Crippen molar-refractivity contribution in [2.45, 2.75) is 0 Å². The Morgan fingerprint density at radius 1 is 1.04 bits per heavy atom. The van der Waals surface area contributed by atoms with Gasteiger partial charge in [0.1, 0.15) is 11.5 Å². The first-order valence-corrected chi connectivity index (χ1v) is 8.17. The maximum absolute atomic E-state index is 12.2. The van der Waals surface area contributed by atoms with Gasteiger partial charge in [-0.25, -0.2) is 9.97 Å². The maximum Gasteiger partial charge on any atom is 0.275 e. The molecule has 1 heterocycles. The lowest BCUT2D eigenvalue weighted by atomic mass is 10.2. The molecule has 0 aliphatic heterocycles. The molecule has 1 aromatic heterocycles. The Morgan fingerprint density at radius 3 is 2.42 bits per heavy atom. The Kier molecular flexibility index (Phi) is 5.32. The second kappa shape index (κ2) is 7.83. The summed E-state index contributed by atoms with van der Waals surface area (Å²) >= 11 is 12.2. The van der Waals surface area contributed by atoms with Crippen molar-refractivity contribution < 1.29 is 4.79 Å². The minimum absolute atomic E-state index is 0.128. The highest BCUT2D eigenvalue weighted by Crippen LogP contribution is 2.31. The number of hydrogen-bond donors (Lipinski definition) is 2. The molecule has 0 radical (unpaired) electrons. The van der Waals surface area contributed by atoms with Crippen molar-refractivity contribution in [1.29, 1.82) is 5.26 Å². The molecule has 6 nitrogen and oxygen atoms in total. The fourth-order valence-corrected chi connectivity index (χ4v) is 2.61. The molecule has 0 aliphatic rings. The Hall–Kier alpha value is -3.14. The van der Waals surface area contributed by atoms with Crippen LogP contribution >= 0.6 is 23.2 Å². The standard InChI is InChI=1S/C18H11Cl2N5O/c19-13-5-2-6-14(20)17(13)25-16-10-22-15(9-23-16)18(26)24-12-4-1-3-11(7-12)8-21/h1-7,9-10H,(H,23,25)(H,24,26). The van der Waals surface area contributed by atoms with Crippen LogP contribution in [0.5, 0.6) is 0 Å². The lowest BCUT2D eigenvalue weighted by Crippen LogP contribution is -2.14. The van der Waals surface area contributed by atoms with Gasteiger partial charge < -0.3 is 10.6 Å². The SMILES string of the molecule is N#Cc1cccc(NC(=O)c2cnc(Nc3c(Cl)cccc3Cl)cn2)c1. The highest BCUT2D eigenvalue weighted by atomic mass is 35.5. The molecule has 0 saturated heterocycles. The number of para-hydroxylation sites is 1. The average molecular weight is 384 g/mol. The number of carbonyl (C=O) groups is 1. The summed E-state index contributed by atoms with van der Waals surface area (Å²) in [6, 6.07) is 13.7. The van der Waals surface area contributed by atoms with Crippen LogP contribution in [0.15, 0.2) is 54.9 Å². The third kappa shape index (κ3) is 4.09. The predicted molar refractivity (Wildman–Crippen MR) is 101 cm³/mol. The van der Waals surface area contributed by atoms with Crippen LogP contribution in [0.1, 0.15) is 16.1 Å². The normalized spacial score (nSPS) is 10.0. The number of carbonyl (C=O) groups excluding carboxylic acids is 1. The van der Waals surface area contributed by atoms with Gasteiger partial charge in [-0.05, 0) is 30.3 Å². The molecule has 8 heteroatoms. The molecule has 0 fully saturated rings. The van der Waals surface area contributed by atoms with E-state index in [0.29, 0.717) is 32.8 Å². The first kappa shape index (κ1) is 17.7. The molecule has 1 amide bonds. The van der Waals surface area contributed by atoms with E-state index in [1.807, 2.05) is 6.07 Å². The molecular weight excluding hydrogens is 373 g/mol. The first-order chi connectivity index (χ1) is 12.6. The number of nitrogens with zero attached hydrogens (tertiary/aromatic N) is 3. The van der Waals surface area contributed by atoms with Crippen molar-refractivity contribution in [2.75, 3.05) is 10.6 Å². The first-order valence-electron chi connectivity index (χ1n) is 7.41. The molecule has 0 saturated carbocycles. The number of nitrogens with one attached hydrogen (secondary N) is 2. The number of anilines is 3. The molecule has 0 unspecified atom stereocenters. The van der Waals surface area contributed by atoms with E-state index in [1.165, 1.54) is 12.4 Å². The molecule has 128 valence electrons. The van der Waals surface area contributed by atoms with E-state index in [4.69, 9.17) is 28.5 Å². The smallest absolute Gasteiger partial charge is 0.275 e. The fourth-order valence-electron chi connectivity index (χ4n) is 2.12. The summed E-state index contributed by atoms with van der Waals surface area (Å²) in [7, 11) is 0. The van der Waals surface area contributed by atoms with Gasteiger partial charge in [0.15, 0.2) is 0 Å². The molecule has 3 rings (SSSR count). The summed E-state index contributed by atoms with van der Waals surface area (Å²) in [5, 5.41) is 15.4. The van der Waals surface area contributed by atoms with Crippen LogP contribution in [0.25, 0.3) is 0 Å². The second-order valence-electron chi connectivity index (χ2n) is 5.16. The Bertz CT molecular complexity index is 979. The van der Waals surface area contributed by atoms with Crippen molar-refractivity contribution in [1.82, 2.24) is 9.97 Å². The van der Waals surface area contributed by atoms with Gasteiger partial charge in [0, 0.05) is 5.69 Å². The third-order valence-electron chi connectivity index (χ3n) is 3.35. The van der Waals surface area contributed by atoms with Gasteiger partial charge in [0.05, 0.1) is 39.8 Å². The van der Waals surface area contributed by atoms with E-state index < -0.39 is 5.91 Å². The summed E-state index contributed by atoms with van der Waals surface area (Å²) < 4.78 is 0. The van der Waals surface area contributed by atoms with Crippen molar-refractivity contribution in [2.24, 2.45) is 0 Å². The van der Waals surface area contributed by atoms with E-state index in [-0.39, 0.29) is 5.69 Å². The Labute approximate surface area is 159 Å². The summed E-state index contributed by atoms with van der Waals surface area (Å²) in [6.45, 7) is 0. The van der Waals surface area contributed by atoms with Crippen LogP contribution in [-0.2, 0) is 0 Å². The average Bonchev–Trinajstić information content (AvgIpc) is 2.65. The number of amides is 1. The maximum atomic E-state index is 12.2. The van der Waals surface area contributed by atoms with Crippen molar-refractivity contribution in [3.8, 4) is 6.07 Å². The molecule has 0 atom stereocenters. The quantitative estimate of drug-likeness (QED) is 0.683. The molecule has 2 N–H and O–H groups in total. The Balaban J connectivity index is 1.73. The van der Waals surface area contributed by atoms with Crippen LogP contribution in [-0.4, -0.2) is 15.9 Å². The Morgan fingerprint density at radius 2 is 1.77 bits per heavy atom. The van der Waals surface area contributed by atoms with Gasteiger partial charge in [0.25, 0.3) is 5.91 Å². The number of halogens is 2. The van der Waals surface area contributed by atoms with Gasteiger partial charge in [0.2, 0.25) is 0 Å². The van der Waals surface area contributed by atoms with Crippen molar-refractivity contribution in [3.63, 3.8) is 0 Å². The summed E-state index contributed by atoms with van der Waals surface area (Å²) in [5.74, 6) is -0.0436. The molecule has 26 heavy (non-hydrogen) atoms. The molecular formula is C18H11Cl2N5O. The lowest BCUT2D eigenvalue weighted by molar-refractivity contribution is 0.102. The largest absolute Gasteiger partial charge is 0.337 e. The fraction of sp³-hybridized carbons (Fsp3) is 0. The van der Waals surface area contributed by atoms with Gasteiger partial charge in [-0.15, -0.1) is 0 Å². The van der Waals surface area contributed by atoms with Crippen LogP contribution < -0.4 is 10.6 Å². The molecule has 0 bridgehead atoms. The number of rotatable bonds is 4. The molecule has 0 spiro atoms. The van der Waals surface area contributed by atoms with Gasteiger partial charge in [-0.1, -0.05) is 35.3 Å².